The Morgan fingerprint density at radius 2 is 1.76 bits per heavy atom. The van der Waals surface area contributed by atoms with Gasteiger partial charge in [-0.15, -0.1) is 0 Å². The van der Waals surface area contributed by atoms with Crippen LogP contribution in [-0.2, 0) is 17.6 Å². The summed E-state index contributed by atoms with van der Waals surface area (Å²) in [6.45, 7) is 2.33. The molecule has 5 nitrogen and oxygen atoms in total. The summed E-state index contributed by atoms with van der Waals surface area (Å²) in [5.74, 6) is 0.952. The lowest BCUT2D eigenvalue weighted by Crippen LogP contribution is -2.53. The monoisotopic (exact) mass is 391 g/mol. The molecule has 1 saturated heterocycles. The normalized spacial score (nSPS) is 25.8. The van der Waals surface area contributed by atoms with E-state index in [1.165, 1.54) is 11.1 Å². The van der Waals surface area contributed by atoms with E-state index in [2.05, 4.69) is 54.2 Å². The zero-order valence-corrected chi connectivity index (χ0v) is 17.3. The Balaban J connectivity index is 1.42. The average molecular weight is 392 g/mol. The minimum absolute atomic E-state index is 0.0662. The molecule has 0 spiro atoms. The Kier molecular flexibility index (Phi) is 4.58. The first-order chi connectivity index (χ1) is 14.0. The highest BCUT2D eigenvalue weighted by Crippen LogP contribution is 2.42. The summed E-state index contributed by atoms with van der Waals surface area (Å²) in [6, 6.07) is 14.2. The first-order valence-corrected chi connectivity index (χ1v) is 10.7. The number of amides is 1. The van der Waals surface area contributed by atoms with Crippen LogP contribution in [0.15, 0.2) is 47.3 Å². The number of hydrogen-bond acceptors (Lipinski definition) is 3. The van der Waals surface area contributed by atoms with Crippen LogP contribution in [-0.4, -0.2) is 54.0 Å². The molecule has 2 aliphatic heterocycles. The van der Waals surface area contributed by atoms with Gasteiger partial charge in [0.25, 0.3) is 5.56 Å². The van der Waals surface area contributed by atoms with Crippen molar-refractivity contribution in [2.75, 3.05) is 33.7 Å². The number of likely N-dealkylation sites (tertiary alicyclic amines) is 1. The third kappa shape index (κ3) is 3.21. The number of fused-ring (bicyclic) bond motifs is 5. The highest BCUT2D eigenvalue weighted by molar-refractivity contribution is 5.80. The number of hydrogen-bond donors (Lipinski definition) is 0. The van der Waals surface area contributed by atoms with Gasteiger partial charge in [-0.3, -0.25) is 9.59 Å². The van der Waals surface area contributed by atoms with Gasteiger partial charge in [-0.2, -0.15) is 0 Å². The zero-order valence-electron chi connectivity index (χ0n) is 17.3. The molecule has 1 amide bonds. The zero-order chi connectivity index (χ0) is 20.1. The molecule has 5 heteroatoms. The summed E-state index contributed by atoms with van der Waals surface area (Å²) < 4.78 is 2.02. The fourth-order valence-electron chi connectivity index (χ4n) is 5.82. The fourth-order valence-corrected chi connectivity index (χ4v) is 5.82. The van der Waals surface area contributed by atoms with Crippen molar-refractivity contribution < 1.29 is 4.79 Å². The molecule has 29 heavy (non-hydrogen) atoms. The molecule has 152 valence electrons. The highest BCUT2D eigenvalue weighted by atomic mass is 16.2. The summed E-state index contributed by atoms with van der Waals surface area (Å²) >= 11 is 0. The van der Waals surface area contributed by atoms with Crippen LogP contribution in [0, 0.1) is 11.8 Å². The van der Waals surface area contributed by atoms with Crippen LogP contribution in [0.2, 0.25) is 0 Å². The first-order valence-electron chi connectivity index (χ1n) is 10.7. The average Bonchev–Trinajstić information content (AvgIpc) is 3.14. The number of piperidine rings is 1. The van der Waals surface area contributed by atoms with Crippen LogP contribution in [0.25, 0.3) is 0 Å². The van der Waals surface area contributed by atoms with Gasteiger partial charge in [-0.1, -0.05) is 30.3 Å². The number of nitrogens with zero attached hydrogens (tertiary/aromatic N) is 3. The topological polar surface area (TPSA) is 45.6 Å². The second-order valence-corrected chi connectivity index (χ2v) is 9.30. The minimum atomic E-state index is 0.0662. The molecule has 2 aromatic rings. The maximum absolute atomic E-state index is 13.5. The molecule has 1 fully saturated rings. The van der Waals surface area contributed by atoms with Crippen molar-refractivity contribution in [2.24, 2.45) is 11.8 Å². The number of rotatable bonds is 3. The molecule has 0 radical (unpaired) electrons. The number of pyridine rings is 1. The Labute approximate surface area is 171 Å². The second kappa shape index (κ2) is 7.13. The van der Waals surface area contributed by atoms with Crippen molar-refractivity contribution in [3.63, 3.8) is 0 Å². The minimum Gasteiger partial charge on any atom is -0.341 e. The second-order valence-electron chi connectivity index (χ2n) is 9.30. The van der Waals surface area contributed by atoms with Crippen LogP contribution in [0.5, 0.6) is 0 Å². The number of aromatic nitrogens is 1. The van der Waals surface area contributed by atoms with E-state index in [0.717, 1.165) is 44.6 Å². The molecule has 3 heterocycles. The van der Waals surface area contributed by atoms with Crippen molar-refractivity contribution in [2.45, 2.75) is 31.2 Å². The summed E-state index contributed by atoms with van der Waals surface area (Å²) in [5.41, 5.74) is 3.85. The van der Waals surface area contributed by atoms with E-state index in [9.17, 15) is 9.59 Å². The van der Waals surface area contributed by atoms with E-state index in [1.807, 2.05) is 10.6 Å². The number of carbonyl (C=O) groups excluding carboxylic acids is 1. The van der Waals surface area contributed by atoms with Crippen molar-refractivity contribution in [3.05, 3.63) is 69.6 Å². The Morgan fingerprint density at radius 1 is 1.03 bits per heavy atom. The fraction of sp³-hybridized carbons (Fsp3) is 0.500. The van der Waals surface area contributed by atoms with E-state index < -0.39 is 0 Å². The molecule has 0 unspecified atom stereocenters. The van der Waals surface area contributed by atoms with Crippen LogP contribution < -0.4 is 5.56 Å². The van der Waals surface area contributed by atoms with Gasteiger partial charge in [0.1, 0.15) is 0 Å². The smallest absolute Gasteiger partial charge is 0.251 e. The van der Waals surface area contributed by atoms with Crippen molar-refractivity contribution in [1.82, 2.24) is 14.4 Å². The van der Waals surface area contributed by atoms with Gasteiger partial charge in [-0.05, 0) is 56.5 Å². The lowest BCUT2D eigenvalue weighted by molar-refractivity contribution is -0.138. The summed E-state index contributed by atoms with van der Waals surface area (Å²) in [4.78, 5) is 30.4. The largest absolute Gasteiger partial charge is 0.341 e. The van der Waals surface area contributed by atoms with E-state index in [4.69, 9.17) is 0 Å². The maximum atomic E-state index is 13.5. The van der Waals surface area contributed by atoms with Crippen LogP contribution in [0.3, 0.4) is 0 Å². The number of likely N-dealkylation sites (N-methyl/N-ethyl adjacent to an activating group) is 1. The van der Waals surface area contributed by atoms with Gasteiger partial charge in [0, 0.05) is 43.2 Å². The van der Waals surface area contributed by atoms with Crippen LogP contribution >= 0.6 is 0 Å². The number of benzene rings is 1. The SMILES string of the molecule is CN(C)C[C@H]1[C@H]2C[C@H](CN(C(=O)C3Cc4ccccc4C3)C2)c2cccc(=O)n21. The van der Waals surface area contributed by atoms with Crippen LogP contribution in [0.4, 0.5) is 0 Å². The van der Waals surface area contributed by atoms with Gasteiger partial charge in [0.05, 0.1) is 6.04 Å². The highest BCUT2D eigenvalue weighted by Gasteiger charge is 2.43. The molecule has 1 aliphatic carbocycles. The Hall–Kier alpha value is -2.40. The molecule has 3 aliphatic rings. The van der Waals surface area contributed by atoms with Gasteiger partial charge >= 0.3 is 0 Å². The Morgan fingerprint density at radius 3 is 2.45 bits per heavy atom. The molecule has 0 N–H and O–H groups in total. The van der Waals surface area contributed by atoms with Crippen molar-refractivity contribution >= 4 is 5.91 Å². The quantitative estimate of drug-likeness (QED) is 0.807. The number of carbonyl (C=O) groups is 1. The predicted molar refractivity (Wildman–Crippen MR) is 113 cm³/mol. The summed E-state index contributed by atoms with van der Waals surface area (Å²) in [7, 11) is 4.11. The lowest BCUT2D eigenvalue weighted by Gasteiger charge is -2.48. The molecular formula is C24H29N3O2. The molecule has 0 saturated carbocycles. The van der Waals surface area contributed by atoms with E-state index >= 15 is 0 Å². The van der Waals surface area contributed by atoms with Crippen LogP contribution in [0.1, 0.15) is 35.2 Å². The molecule has 5 rings (SSSR count). The first kappa shape index (κ1) is 18.6. The maximum Gasteiger partial charge on any atom is 0.251 e. The molecular weight excluding hydrogens is 362 g/mol. The van der Waals surface area contributed by atoms with Gasteiger partial charge in [0.2, 0.25) is 5.91 Å². The molecule has 1 aromatic carbocycles. The standard InChI is InChI=1S/C24H29N3O2/c1-25(2)15-22-20-12-19(21-8-5-9-23(28)27(21)22)13-26(14-20)24(29)18-10-16-6-3-4-7-17(16)11-18/h3-9,18-20,22H,10-15H2,1-2H3/t19-,20+,22+/m1/s1. The Bertz CT molecular complexity index is 971. The van der Waals surface area contributed by atoms with E-state index in [-0.39, 0.29) is 23.4 Å². The van der Waals surface area contributed by atoms with Crippen molar-refractivity contribution in [3.8, 4) is 0 Å². The van der Waals surface area contributed by atoms with Crippen molar-refractivity contribution in [1.29, 1.82) is 0 Å². The lowest BCUT2D eigenvalue weighted by atomic mass is 9.78. The van der Waals surface area contributed by atoms with Gasteiger partial charge in [-0.25, -0.2) is 0 Å². The van der Waals surface area contributed by atoms with Gasteiger partial charge < -0.3 is 14.4 Å². The molecule has 3 atom stereocenters. The van der Waals surface area contributed by atoms with Gasteiger partial charge in [0.15, 0.2) is 0 Å². The van der Waals surface area contributed by atoms with E-state index in [0.29, 0.717) is 11.8 Å². The predicted octanol–water partition coefficient (Wildman–Crippen LogP) is 2.31. The summed E-state index contributed by atoms with van der Waals surface area (Å²) in [5, 5.41) is 0. The summed E-state index contributed by atoms with van der Waals surface area (Å²) in [6.07, 6.45) is 2.78. The third-order valence-corrected chi connectivity index (χ3v) is 7.06. The molecule has 1 aromatic heterocycles. The van der Waals surface area contributed by atoms with E-state index in [1.54, 1.807) is 6.07 Å². The third-order valence-electron chi connectivity index (χ3n) is 7.06. The molecule has 2 bridgehead atoms.